The van der Waals surface area contributed by atoms with Crippen LogP contribution < -0.4 is 4.90 Å². The van der Waals surface area contributed by atoms with Gasteiger partial charge in [-0.2, -0.15) is 0 Å². The molecule has 0 bridgehead atoms. The molecule has 1 aliphatic carbocycles. The van der Waals surface area contributed by atoms with Crippen molar-refractivity contribution in [1.29, 1.82) is 0 Å². The molecule has 19 heavy (non-hydrogen) atoms. The van der Waals surface area contributed by atoms with Gasteiger partial charge in [-0.1, -0.05) is 31.9 Å². The lowest BCUT2D eigenvalue weighted by Crippen LogP contribution is -2.46. The number of carboxylic acids is 1. The van der Waals surface area contributed by atoms with Crippen molar-refractivity contribution in [2.24, 2.45) is 5.41 Å². The molecule has 1 aliphatic rings. The van der Waals surface area contributed by atoms with Crippen LogP contribution in [0.2, 0.25) is 0 Å². The SMILES string of the molecule is CCCc1ccc(N(C)CC2(C(=O)O)CCC2)cc1. The molecule has 0 spiro atoms. The Kier molecular flexibility index (Phi) is 4.13. The fourth-order valence-corrected chi connectivity index (χ4v) is 2.79. The Labute approximate surface area is 115 Å². The smallest absolute Gasteiger partial charge is 0.311 e. The Morgan fingerprint density at radius 1 is 1.32 bits per heavy atom. The number of carboxylic acid groups (broad SMARTS) is 1. The van der Waals surface area contributed by atoms with Gasteiger partial charge in [-0.3, -0.25) is 4.79 Å². The van der Waals surface area contributed by atoms with Gasteiger partial charge in [0.1, 0.15) is 0 Å². The molecule has 0 heterocycles. The first-order chi connectivity index (χ1) is 9.07. The zero-order chi connectivity index (χ0) is 13.9. The maximum atomic E-state index is 11.4. The molecule has 1 aromatic carbocycles. The average molecular weight is 261 g/mol. The van der Waals surface area contributed by atoms with Crippen molar-refractivity contribution < 1.29 is 9.90 Å². The summed E-state index contributed by atoms with van der Waals surface area (Å²) in [4.78, 5) is 13.5. The molecule has 0 saturated heterocycles. The molecule has 1 N–H and O–H groups in total. The van der Waals surface area contributed by atoms with Gasteiger partial charge in [-0.05, 0) is 37.0 Å². The number of rotatable bonds is 6. The number of anilines is 1. The average Bonchev–Trinajstić information content (AvgIpc) is 2.34. The van der Waals surface area contributed by atoms with E-state index in [1.54, 1.807) is 0 Å². The van der Waals surface area contributed by atoms with Crippen LogP contribution in [0, 0.1) is 5.41 Å². The van der Waals surface area contributed by atoms with Crippen LogP contribution >= 0.6 is 0 Å². The van der Waals surface area contributed by atoms with Gasteiger partial charge in [0.25, 0.3) is 0 Å². The summed E-state index contributed by atoms with van der Waals surface area (Å²) in [5.41, 5.74) is 1.93. The highest BCUT2D eigenvalue weighted by Crippen LogP contribution is 2.42. The predicted molar refractivity (Wildman–Crippen MR) is 77.6 cm³/mol. The van der Waals surface area contributed by atoms with E-state index < -0.39 is 11.4 Å². The van der Waals surface area contributed by atoms with Gasteiger partial charge in [0.15, 0.2) is 0 Å². The first kappa shape index (κ1) is 13.9. The van der Waals surface area contributed by atoms with Crippen LogP contribution in [0.5, 0.6) is 0 Å². The zero-order valence-electron chi connectivity index (χ0n) is 11.9. The van der Waals surface area contributed by atoms with E-state index in [4.69, 9.17) is 0 Å². The second-order valence-corrected chi connectivity index (χ2v) is 5.71. The fourth-order valence-electron chi connectivity index (χ4n) is 2.79. The molecule has 0 radical (unpaired) electrons. The molecule has 2 rings (SSSR count). The summed E-state index contributed by atoms with van der Waals surface area (Å²) < 4.78 is 0. The topological polar surface area (TPSA) is 40.5 Å². The standard InChI is InChI=1S/C16H23NO2/c1-3-5-13-6-8-14(9-7-13)17(2)12-16(15(18)19)10-4-11-16/h6-9H,3-5,10-12H2,1-2H3,(H,18,19). The third-order valence-electron chi connectivity index (χ3n) is 4.22. The molecule has 0 aromatic heterocycles. The number of nitrogens with zero attached hydrogens (tertiary/aromatic N) is 1. The van der Waals surface area contributed by atoms with Gasteiger partial charge in [0.2, 0.25) is 0 Å². The molecule has 3 nitrogen and oxygen atoms in total. The minimum Gasteiger partial charge on any atom is -0.481 e. The number of aryl methyl sites for hydroxylation is 1. The summed E-state index contributed by atoms with van der Waals surface area (Å²) in [6.45, 7) is 2.78. The van der Waals surface area contributed by atoms with Gasteiger partial charge >= 0.3 is 5.97 Å². The molecule has 0 atom stereocenters. The summed E-state index contributed by atoms with van der Waals surface area (Å²) in [6.07, 6.45) is 4.90. The highest BCUT2D eigenvalue weighted by Gasteiger charge is 2.45. The van der Waals surface area contributed by atoms with Gasteiger partial charge in [-0.15, -0.1) is 0 Å². The van der Waals surface area contributed by atoms with E-state index in [1.165, 1.54) is 5.56 Å². The number of carbonyl (C=O) groups is 1. The van der Waals surface area contributed by atoms with Crippen LogP contribution in [0.3, 0.4) is 0 Å². The molecular weight excluding hydrogens is 238 g/mol. The molecule has 0 aliphatic heterocycles. The lowest BCUT2D eigenvalue weighted by atomic mass is 9.68. The Balaban J connectivity index is 2.03. The van der Waals surface area contributed by atoms with E-state index in [-0.39, 0.29) is 0 Å². The Morgan fingerprint density at radius 2 is 1.95 bits per heavy atom. The lowest BCUT2D eigenvalue weighted by molar-refractivity contribution is -0.153. The minimum absolute atomic E-state index is 0.517. The van der Waals surface area contributed by atoms with Crippen molar-refractivity contribution >= 4 is 11.7 Å². The highest BCUT2D eigenvalue weighted by atomic mass is 16.4. The molecule has 0 amide bonds. The van der Waals surface area contributed by atoms with Crippen molar-refractivity contribution in [3.8, 4) is 0 Å². The van der Waals surface area contributed by atoms with Gasteiger partial charge in [-0.25, -0.2) is 0 Å². The number of benzene rings is 1. The third kappa shape index (κ3) is 2.91. The second-order valence-electron chi connectivity index (χ2n) is 5.71. The van der Waals surface area contributed by atoms with E-state index in [2.05, 4.69) is 36.1 Å². The van der Waals surface area contributed by atoms with Crippen LogP contribution in [0.4, 0.5) is 5.69 Å². The van der Waals surface area contributed by atoms with Gasteiger partial charge < -0.3 is 10.0 Å². The van der Waals surface area contributed by atoms with Crippen molar-refractivity contribution in [2.45, 2.75) is 39.0 Å². The van der Waals surface area contributed by atoms with E-state index in [9.17, 15) is 9.90 Å². The molecule has 0 unspecified atom stereocenters. The Hall–Kier alpha value is -1.51. The summed E-state index contributed by atoms with van der Waals surface area (Å²) in [5, 5.41) is 9.37. The maximum Gasteiger partial charge on any atom is 0.311 e. The predicted octanol–water partition coefficient (Wildman–Crippen LogP) is 3.33. The highest BCUT2D eigenvalue weighted by molar-refractivity contribution is 5.76. The fraction of sp³-hybridized carbons (Fsp3) is 0.562. The molecule has 104 valence electrons. The normalized spacial score (nSPS) is 16.7. The molecule has 1 fully saturated rings. The zero-order valence-corrected chi connectivity index (χ0v) is 11.9. The van der Waals surface area contributed by atoms with Crippen LogP contribution in [0.15, 0.2) is 24.3 Å². The van der Waals surface area contributed by atoms with E-state index in [0.717, 1.165) is 37.8 Å². The molecular formula is C16H23NO2. The van der Waals surface area contributed by atoms with Crippen LogP contribution in [0.25, 0.3) is 0 Å². The summed E-state index contributed by atoms with van der Waals surface area (Å²) in [6, 6.07) is 8.48. The van der Waals surface area contributed by atoms with Crippen molar-refractivity contribution in [2.75, 3.05) is 18.5 Å². The van der Waals surface area contributed by atoms with Gasteiger partial charge in [0.05, 0.1) is 5.41 Å². The van der Waals surface area contributed by atoms with Crippen LogP contribution in [-0.2, 0) is 11.2 Å². The van der Waals surface area contributed by atoms with E-state index >= 15 is 0 Å². The van der Waals surface area contributed by atoms with Crippen LogP contribution in [-0.4, -0.2) is 24.7 Å². The van der Waals surface area contributed by atoms with Gasteiger partial charge in [0, 0.05) is 19.3 Å². The number of hydrogen-bond donors (Lipinski definition) is 1. The minimum atomic E-state index is -0.645. The molecule has 1 aromatic rings. The first-order valence-corrected chi connectivity index (χ1v) is 7.11. The lowest BCUT2D eigenvalue weighted by Gasteiger charge is -2.41. The molecule has 3 heteroatoms. The third-order valence-corrected chi connectivity index (χ3v) is 4.22. The summed E-state index contributed by atoms with van der Waals surface area (Å²) in [5.74, 6) is -0.645. The van der Waals surface area contributed by atoms with Crippen molar-refractivity contribution in [1.82, 2.24) is 0 Å². The monoisotopic (exact) mass is 261 g/mol. The van der Waals surface area contributed by atoms with E-state index in [0.29, 0.717) is 6.54 Å². The quantitative estimate of drug-likeness (QED) is 0.854. The van der Waals surface area contributed by atoms with Crippen molar-refractivity contribution in [3.63, 3.8) is 0 Å². The first-order valence-electron chi connectivity index (χ1n) is 7.11. The summed E-state index contributed by atoms with van der Waals surface area (Å²) >= 11 is 0. The van der Waals surface area contributed by atoms with Crippen molar-refractivity contribution in [3.05, 3.63) is 29.8 Å². The maximum absolute atomic E-state index is 11.4. The second kappa shape index (κ2) is 5.64. The van der Waals surface area contributed by atoms with Crippen LogP contribution in [0.1, 0.15) is 38.2 Å². The van der Waals surface area contributed by atoms with E-state index in [1.807, 2.05) is 7.05 Å². The number of aliphatic carboxylic acids is 1. The largest absolute Gasteiger partial charge is 0.481 e. The Morgan fingerprint density at radius 3 is 2.37 bits per heavy atom. The number of hydrogen-bond acceptors (Lipinski definition) is 2. The molecule has 1 saturated carbocycles. The Bertz CT molecular complexity index is 435. The summed E-state index contributed by atoms with van der Waals surface area (Å²) in [7, 11) is 1.98.